The molecular weight excluding hydrogens is 252 g/mol. The van der Waals surface area contributed by atoms with E-state index in [9.17, 15) is 4.79 Å². The second kappa shape index (κ2) is 5.26. The number of methoxy groups -OCH3 is 1. The highest BCUT2D eigenvalue weighted by atomic mass is 32.1. The number of thiophene rings is 1. The van der Waals surface area contributed by atoms with Gasteiger partial charge < -0.3 is 20.5 Å². The molecule has 100 valence electrons. The molecule has 1 aromatic heterocycles. The molecule has 2 atom stereocenters. The highest BCUT2D eigenvalue weighted by Gasteiger charge is 2.28. The fourth-order valence-corrected chi connectivity index (χ4v) is 3.26. The van der Waals surface area contributed by atoms with E-state index in [0.717, 1.165) is 29.4 Å². The molecule has 6 heteroatoms. The van der Waals surface area contributed by atoms with Gasteiger partial charge in [-0.2, -0.15) is 0 Å². The van der Waals surface area contributed by atoms with E-state index < -0.39 is 5.97 Å². The molecule has 5 nitrogen and oxygen atoms in total. The van der Waals surface area contributed by atoms with Crippen LogP contribution in [0.15, 0.2) is 6.07 Å². The first-order chi connectivity index (χ1) is 8.52. The predicted molar refractivity (Wildman–Crippen MR) is 71.6 cm³/mol. The molecule has 1 unspecified atom stereocenters. The molecule has 1 aliphatic rings. The third-order valence-corrected chi connectivity index (χ3v) is 4.47. The molecule has 2 heterocycles. The maximum absolute atomic E-state index is 11.0. The molecule has 1 aliphatic heterocycles. The van der Waals surface area contributed by atoms with Gasteiger partial charge in [-0.15, -0.1) is 11.3 Å². The minimum atomic E-state index is -0.869. The van der Waals surface area contributed by atoms with Crippen LogP contribution in [0.3, 0.4) is 0 Å². The Kier molecular flexibility index (Phi) is 3.89. The first-order valence-electron chi connectivity index (χ1n) is 5.90. The van der Waals surface area contributed by atoms with Crippen LogP contribution in [0.5, 0.6) is 0 Å². The summed E-state index contributed by atoms with van der Waals surface area (Å²) in [5.41, 5.74) is 6.36. The summed E-state index contributed by atoms with van der Waals surface area (Å²) in [5, 5.41) is 10.0. The van der Waals surface area contributed by atoms with E-state index in [1.165, 1.54) is 11.3 Å². The Balaban J connectivity index is 2.17. The van der Waals surface area contributed by atoms with Crippen molar-refractivity contribution in [1.82, 2.24) is 0 Å². The van der Waals surface area contributed by atoms with Crippen LogP contribution in [-0.2, 0) is 4.74 Å². The fourth-order valence-electron chi connectivity index (χ4n) is 2.22. The van der Waals surface area contributed by atoms with Crippen LogP contribution in [0.1, 0.15) is 21.7 Å². The molecule has 1 saturated heterocycles. The summed E-state index contributed by atoms with van der Waals surface area (Å²) in [4.78, 5) is 14.0. The Morgan fingerprint density at radius 3 is 2.94 bits per heavy atom. The van der Waals surface area contributed by atoms with Crippen molar-refractivity contribution >= 4 is 22.3 Å². The Bertz CT molecular complexity index is 447. The topological polar surface area (TPSA) is 75.8 Å². The van der Waals surface area contributed by atoms with Crippen LogP contribution in [-0.4, -0.2) is 43.4 Å². The average Bonchev–Trinajstić information content (AvgIpc) is 2.72. The van der Waals surface area contributed by atoms with Crippen molar-refractivity contribution in [2.45, 2.75) is 25.5 Å². The van der Waals surface area contributed by atoms with Crippen LogP contribution in [0, 0.1) is 6.92 Å². The van der Waals surface area contributed by atoms with Crippen LogP contribution in [0.2, 0.25) is 0 Å². The molecular formula is C12H18N2O3S. The lowest BCUT2D eigenvalue weighted by molar-refractivity contribution is 0.0696. The quantitative estimate of drug-likeness (QED) is 0.866. The second-order valence-corrected chi connectivity index (χ2v) is 5.77. The van der Waals surface area contributed by atoms with E-state index in [-0.39, 0.29) is 12.1 Å². The summed E-state index contributed by atoms with van der Waals surface area (Å²) >= 11 is 1.51. The predicted octanol–water partition coefficient (Wildman–Crippen LogP) is 1.31. The lowest BCUT2D eigenvalue weighted by Crippen LogP contribution is -2.51. The van der Waals surface area contributed by atoms with Crippen LogP contribution in [0.25, 0.3) is 0 Å². The van der Waals surface area contributed by atoms with Crippen LogP contribution < -0.4 is 10.6 Å². The molecule has 0 aliphatic carbocycles. The number of hydrogen-bond acceptors (Lipinski definition) is 5. The van der Waals surface area contributed by atoms with Gasteiger partial charge in [-0.3, -0.25) is 0 Å². The third kappa shape index (κ3) is 2.50. The number of carboxylic acid groups (broad SMARTS) is 1. The van der Waals surface area contributed by atoms with Crippen molar-refractivity contribution in [3.63, 3.8) is 0 Å². The van der Waals surface area contributed by atoms with Gasteiger partial charge in [0.15, 0.2) is 0 Å². The van der Waals surface area contributed by atoms with Crippen molar-refractivity contribution in [3.8, 4) is 0 Å². The molecule has 0 amide bonds. The average molecular weight is 270 g/mol. The standard InChI is InChI=1S/C12H18N2O3S/c1-7-8(12(15)16)5-11(18-7)14-4-3-9(13)10(6-14)17-2/h5,9-10H,3-4,6,13H2,1-2H3,(H,15,16)/t9-,10?/m1/s1. The van der Waals surface area contributed by atoms with Crippen molar-refractivity contribution in [2.24, 2.45) is 5.73 Å². The van der Waals surface area contributed by atoms with E-state index in [2.05, 4.69) is 4.90 Å². The van der Waals surface area contributed by atoms with Crippen LogP contribution in [0.4, 0.5) is 5.00 Å². The van der Waals surface area contributed by atoms with E-state index >= 15 is 0 Å². The summed E-state index contributed by atoms with van der Waals surface area (Å²) < 4.78 is 5.36. The minimum absolute atomic E-state index is 0.00874. The number of nitrogens with two attached hydrogens (primary N) is 1. The number of hydrogen-bond donors (Lipinski definition) is 2. The molecule has 2 rings (SSSR count). The first kappa shape index (κ1) is 13.3. The number of carboxylic acids is 1. The molecule has 0 spiro atoms. The van der Waals surface area contributed by atoms with E-state index in [1.807, 2.05) is 6.92 Å². The van der Waals surface area contributed by atoms with E-state index in [1.54, 1.807) is 13.2 Å². The lowest BCUT2D eigenvalue weighted by Gasteiger charge is -2.36. The van der Waals surface area contributed by atoms with Gasteiger partial charge in [-0.05, 0) is 19.4 Å². The number of ether oxygens (including phenoxy) is 1. The monoisotopic (exact) mass is 270 g/mol. The van der Waals surface area contributed by atoms with Crippen molar-refractivity contribution < 1.29 is 14.6 Å². The lowest BCUT2D eigenvalue weighted by atomic mass is 10.0. The number of aromatic carboxylic acids is 1. The number of rotatable bonds is 3. The van der Waals surface area contributed by atoms with Gasteiger partial charge in [0.25, 0.3) is 0 Å². The summed E-state index contributed by atoms with van der Waals surface area (Å²) in [6.45, 7) is 3.40. The maximum Gasteiger partial charge on any atom is 0.336 e. The molecule has 1 aromatic rings. The smallest absolute Gasteiger partial charge is 0.336 e. The van der Waals surface area contributed by atoms with E-state index in [0.29, 0.717) is 5.56 Å². The zero-order chi connectivity index (χ0) is 13.3. The highest BCUT2D eigenvalue weighted by Crippen LogP contribution is 2.31. The fraction of sp³-hybridized carbons (Fsp3) is 0.583. The summed E-state index contributed by atoms with van der Waals surface area (Å²) in [5.74, 6) is -0.869. The molecule has 0 saturated carbocycles. The Morgan fingerprint density at radius 1 is 1.67 bits per heavy atom. The number of anilines is 1. The first-order valence-corrected chi connectivity index (χ1v) is 6.71. The SMILES string of the molecule is COC1CN(c2cc(C(=O)O)c(C)s2)CC[C@H]1N. The van der Waals surface area contributed by atoms with Gasteiger partial charge in [0, 0.05) is 31.1 Å². The highest BCUT2D eigenvalue weighted by molar-refractivity contribution is 7.16. The summed E-state index contributed by atoms with van der Waals surface area (Å²) in [6.07, 6.45) is 0.868. The van der Waals surface area contributed by atoms with Gasteiger partial charge in [-0.25, -0.2) is 4.79 Å². The number of nitrogens with zero attached hydrogens (tertiary/aromatic N) is 1. The maximum atomic E-state index is 11.0. The molecule has 0 aromatic carbocycles. The normalized spacial score (nSPS) is 24.3. The van der Waals surface area contributed by atoms with Gasteiger partial charge in [0.05, 0.1) is 16.7 Å². The zero-order valence-corrected chi connectivity index (χ0v) is 11.4. The Hall–Kier alpha value is -1.11. The Labute approximate surface area is 110 Å². The summed E-state index contributed by atoms with van der Waals surface area (Å²) in [6, 6.07) is 1.80. The second-order valence-electron chi connectivity index (χ2n) is 4.53. The van der Waals surface area contributed by atoms with Crippen LogP contribution >= 0.6 is 11.3 Å². The van der Waals surface area contributed by atoms with Crippen molar-refractivity contribution in [1.29, 1.82) is 0 Å². The molecule has 0 radical (unpaired) electrons. The van der Waals surface area contributed by atoms with Crippen molar-refractivity contribution in [2.75, 3.05) is 25.1 Å². The minimum Gasteiger partial charge on any atom is -0.478 e. The number of carbonyl (C=O) groups is 1. The van der Waals surface area contributed by atoms with Gasteiger partial charge in [0.1, 0.15) is 0 Å². The molecule has 3 N–H and O–H groups in total. The molecule has 0 bridgehead atoms. The van der Waals surface area contributed by atoms with Gasteiger partial charge in [-0.1, -0.05) is 0 Å². The number of aryl methyl sites for hydroxylation is 1. The van der Waals surface area contributed by atoms with Crippen molar-refractivity contribution in [3.05, 3.63) is 16.5 Å². The molecule has 18 heavy (non-hydrogen) atoms. The Morgan fingerprint density at radius 2 is 2.39 bits per heavy atom. The largest absolute Gasteiger partial charge is 0.478 e. The zero-order valence-electron chi connectivity index (χ0n) is 10.5. The third-order valence-electron chi connectivity index (χ3n) is 3.36. The molecule has 1 fully saturated rings. The number of piperidine rings is 1. The van der Waals surface area contributed by atoms with Gasteiger partial charge >= 0.3 is 5.97 Å². The van der Waals surface area contributed by atoms with E-state index in [4.69, 9.17) is 15.6 Å². The summed E-state index contributed by atoms with van der Waals surface area (Å²) in [7, 11) is 1.66. The van der Waals surface area contributed by atoms with Gasteiger partial charge in [0.2, 0.25) is 0 Å².